The number of benzene rings is 2. The lowest BCUT2D eigenvalue weighted by molar-refractivity contribution is -0.137. The molecule has 2 aromatic rings. The molecule has 0 heterocycles. The molecule has 0 aliphatic carbocycles. The SMILES string of the molecule is COCCOc1ccc(C(F)(F)F)cc1NC(=O)COc1c(Cl)cc(C(=O)O)cc1Cl. The number of carboxylic acid groups (broad SMARTS) is 1. The first-order valence-corrected chi connectivity index (χ1v) is 9.26. The van der Waals surface area contributed by atoms with Gasteiger partial charge in [0.15, 0.2) is 12.4 Å². The maximum atomic E-state index is 13.0. The molecule has 168 valence electrons. The Kier molecular flexibility index (Phi) is 8.37. The quantitative estimate of drug-likeness (QED) is 0.501. The van der Waals surface area contributed by atoms with Gasteiger partial charge >= 0.3 is 12.1 Å². The van der Waals surface area contributed by atoms with E-state index in [1.54, 1.807) is 0 Å². The second-order valence-corrected chi connectivity index (χ2v) is 6.78. The number of ether oxygens (including phenoxy) is 3. The number of amides is 1. The predicted octanol–water partition coefficient (Wildman–Crippen LogP) is 4.75. The molecule has 0 bridgehead atoms. The van der Waals surface area contributed by atoms with Crippen molar-refractivity contribution in [3.63, 3.8) is 0 Å². The third kappa shape index (κ3) is 6.91. The second-order valence-electron chi connectivity index (χ2n) is 5.96. The Balaban J connectivity index is 2.16. The number of hydrogen-bond acceptors (Lipinski definition) is 5. The van der Waals surface area contributed by atoms with Crippen molar-refractivity contribution in [1.29, 1.82) is 0 Å². The van der Waals surface area contributed by atoms with Crippen molar-refractivity contribution in [2.24, 2.45) is 0 Å². The third-order valence-electron chi connectivity index (χ3n) is 3.72. The van der Waals surface area contributed by atoms with Gasteiger partial charge < -0.3 is 24.6 Å². The molecule has 0 aliphatic heterocycles. The topological polar surface area (TPSA) is 94.1 Å². The van der Waals surface area contributed by atoms with Gasteiger partial charge in [-0.3, -0.25) is 4.79 Å². The average molecular weight is 482 g/mol. The molecule has 31 heavy (non-hydrogen) atoms. The highest BCUT2D eigenvalue weighted by atomic mass is 35.5. The molecule has 7 nitrogen and oxygen atoms in total. The Hall–Kier alpha value is -2.69. The summed E-state index contributed by atoms with van der Waals surface area (Å²) < 4.78 is 54.4. The summed E-state index contributed by atoms with van der Waals surface area (Å²) in [6, 6.07) is 4.78. The monoisotopic (exact) mass is 481 g/mol. The highest BCUT2D eigenvalue weighted by molar-refractivity contribution is 6.37. The molecule has 0 unspecified atom stereocenters. The zero-order chi connectivity index (χ0) is 23.2. The summed E-state index contributed by atoms with van der Waals surface area (Å²) in [7, 11) is 1.43. The van der Waals surface area contributed by atoms with Crippen LogP contribution in [0.25, 0.3) is 0 Å². The number of methoxy groups -OCH3 is 1. The molecule has 0 atom stereocenters. The normalized spacial score (nSPS) is 11.2. The van der Waals surface area contributed by atoms with E-state index in [1.165, 1.54) is 7.11 Å². The molecule has 2 rings (SSSR count). The van der Waals surface area contributed by atoms with Gasteiger partial charge in [-0.15, -0.1) is 0 Å². The van der Waals surface area contributed by atoms with Crippen LogP contribution in [-0.2, 0) is 15.7 Å². The van der Waals surface area contributed by atoms with E-state index in [2.05, 4.69) is 5.32 Å². The van der Waals surface area contributed by atoms with Gasteiger partial charge in [-0.1, -0.05) is 23.2 Å². The van der Waals surface area contributed by atoms with Crippen molar-refractivity contribution in [2.75, 3.05) is 32.2 Å². The Morgan fingerprint density at radius 3 is 2.26 bits per heavy atom. The zero-order valence-corrected chi connectivity index (χ0v) is 17.4. The van der Waals surface area contributed by atoms with Crippen LogP contribution in [0.1, 0.15) is 15.9 Å². The Bertz CT molecular complexity index is 945. The summed E-state index contributed by atoms with van der Waals surface area (Å²) in [5.41, 5.74) is -1.40. The highest BCUT2D eigenvalue weighted by Crippen LogP contribution is 2.36. The molecule has 0 aromatic heterocycles. The number of carbonyl (C=O) groups excluding carboxylic acids is 1. The number of nitrogens with one attached hydrogen (secondary N) is 1. The second kappa shape index (κ2) is 10.6. The van der Waals surface area contributed by atoms with E-state index in [0.717, 1.165) is 30.3 Å². The minimum Gasteiger partial charge on any atom is -0.489 e. The van der Waals surface area contributed by atoms with Gasteiger partial charge in [0.05, 0.1) is 33.5 Å². The van der Waals surface area contributed by atoms with Gasteiger partial charge in [-0.2, -0.15) is 13.2 Å². The van der Waals surface area contributed by atoms with Crippen molar-refractivity contribution in [2.45, 2.75) is 6.18 Å². The van der Waals surface area contributed by atoms with E-state index in [9.17, 15) is 22.8 Å². The van der Waals surface area contributed by atoms with Crippen LogP contribution in [0.2, 0.25) is 10.0 Å². The van der Waals surface area contributed by atoms with E-state index in [1.807, 2.05) is 0 Å². The minimum absolute atomic E-state index is 0.000255. The van der Waals surface area contributed by atoms with Crippen LogP contribution in [0, 0.1) is 0 Å². The number of hydrogen-bond donors (Lipinski definition) is 2. The van der Waals surface area contributed by atoms with E-state index >= 15 is 0 Å². The van der Waals surface area contributed by atoms with Crippen molar-refractivity contribution < 1.29 is 42.1 Å². The van der Waals surface area contributed by atoms with Gasteiger partial charge in [0.2, 0.25) is 0 Å². The Morgan fingerprint density at radius 2 is 1.71 bits per heavy atom. The molecule has 0 saturated heterocycles. The summed E-state index contributed by atoms with van der Waals surface area (Å²) in [5, 5.41) is 10.9. The summed E-state index contributed by atoms with van der Waals surface area (Å²) >= 11 is 11.9. The number of aromatic carboxylic acids is 1. The van der Waals surface area contributed by atoms with Gasteiger partial charge in [0, 0.05) is 7.11 Å². The van der Waals surface area contributed by atoms with Gasteiger partial charge in [-0.25, -0.2) is 4.79 Å². The predicted molar refractivity (Wildman–Crippen MR) is 106 cm³/mol. The van der Waals surface area contributed by atoms with Crippen LogP contribution in [0.4, 0.5) is 18.9 Å². The maximum Gasteiger partial charge on any atom is 0.416 e. The van der Waals surface area contributed by atoms with Crippen molar-refractivity contribution in [3.8, 4) is 11.5 Å². The van der Waals surface area contributed by atoms with Crippen LogP contribution in [-0.4, -0.2) is 43.9 Å². The fourth-order valence-electron chi connectivity index (χ4n) is 2.31. The molecule has 0 fully saturated rings. The van der Waals surface area contributed by atoms with Crippen LogP contribution in [0.3, 0.4) is 0 Å². The first kappa shape index (κ1) is 24.6. The zero-order valence-electron chi connectivity index (χ0n) is 15.9. The lowest BCUT2D eigenvalue weighted by Crippen LogP contribution is -2.21. The van der Waals surface area contributed by atoms with Crippen LogP contribution < -0.4 is 14.8 Å². The molecular weight excluding hydrogens is 466 g/mol. The number of anilines is 1. The van der Waals surface area contributed by atoms with E-state index < -0.39 is 30.2 Å². The minimum atomic E-state index is -4.63. The lowest BCUT2D eigenvalue weighted by atomic mass is 10.1. The molecule has 0 saturated carbocycles. The fraction of sp³-hybridized carbons (Fsp3) is 0.263. The first-order valence-electron chi connectivity index (χ1n) is 8.51. The molecule has 0 radical (unpaired) electrons. The fourth-order valence-corrected chi connectivity index (χ4v) is 2.91. The molecule has 2 aromatic carbocycles. The van der Waals surface area contributed by atoms with Crippen LogP contribution in [0.5, 0.6) is 11.5 Å². The summed E-state index contributed by atoms with van der Waals surface area (Å²) in [6.45, 7) is -0.442. The molecule has 12 heteroatoms. The number of carboxylic acids is 1. The van der Waals surface area contributed by atoms with Gasteiger partial charge in [0.25, 0.3) is 5.91 Å². The summed E-state index contributed by atoms with van der Waals surface area (Å²) in [6.07, 6.45) is -4.63. The highest BCUT2D eigenvalue weighted by Gasteiger charge is 2.31. The van der Waals surface area contributed by atoms with Crippen molar-refractivity contribution >= 4 is 40.8 Å². The molecular formula is C19H16Cl2F3NO6. The molecule has 0 spiro atoms. The van der Waals surface area contributed by atoms with E-state index in [4.69, 9.17) is 42.5 Å². The van der Waals surface area contributed by atoms with E-state index in [0.29, 0.717) is 0 Å². The van der Waals surface area contributed by atoms with Crippen LogP contribution >= 0.6 is 23.2 Å². The Labute approximate surface area is 184 Å². The number of carbonyl (C=O) groups is 2. The van der Waals surface area contributed by atoms with Gasteiger partial charge in [-0.05, 0) is 30.3 Å². The van der Waals surface area contributed by atoms with E-state index in [-0.39, 0.29) is 46.0 Å². The van der Waals surface area contributed by atoms with Crippen LogP contribution in [0.15, 0.2) is 30.3 Å². The summed E-state index contributed by atoms with van der Waals surface area (Å²) in [4.78, 5) is 23.2. The smallest absolute Gasteiger partial charge is 0.416 e. The summed E-state index contributed by atoms with van der Waals surface area (Å²) in [5.74, 6) is -2.24. The maximum absolute atomic E-state index is 13.0. The standard InChI is InChI=1S/C19H16Cl2F3NO6/c1-29-4-5-30-15-3-2-11(19(22,23)24)8-14(15)25-16(26)9-31-17-12(20)6-10(18(27)28)7-13(17)21/h2-3,6-8H,4-5,9H2,1H3,(H,25,26)(H,27,28). The number of rotatable bonds is 9. The van der Waals surface area contributed by atoms with Crippen molar-refractivity contribution in [3.05, 3.63) is 51.5 Å². The molecule has 1 amide bonds. The third-order valence-corrected chi connectivity index (χ3v) is 4.28. The van der Waals surface area contributed by atoms with Crippen molar-refractivity contribution in [1.82, 2.24) is 0 Å². The number of halogens is 5. The Morgan fingerprint density at radius 1 is 1.06 bits per heavy atom. The molecule has 0 aliphatic rings. The lowest BCUT2D eigenvalue weighted by Gasteiger charge is -2.16. The molecule has 2 N–H and O–H groups in total. The number of alkyl halides is 3. The average Bonchev–Trinajstić information content (AvgIpc) is 2.67. The first-order chi connectivity index (χ1) is 14.5. The largest absolute Gasteiger partial charge is 0.489 e. The van der Waals surface area contributed by atoms with Gasteiger partial charge in [0.1, 0.15) is 12.4 Å².